The standard InChI is InChI=1S/C32H31NO5S/c1-21(2)23-8-10-25(11-9-23)39(35,36)38-30-15-12-26(31-27(30)16-18-32(3,4)37-31)29(34)14-7-22-6-13-28-24(20-22)17-19-33(28)5/h6-21H,1-5H3/b14-7+. The zero-order chi connectivity index (χ0) is 27.9. The molecule has 39 heavy (non-hydrogen) atoms. The lowest BCUT2D eigenvalue weighted by Crippen LogP contribution is -2.29. The first-order valence-electron chi connectivity index (χ1n) is 12.8. The van der Waals surface area contributed by atoms with E-state index in [0.29, 0.717) is 16.9 Å². The van der Waals surface area contributed by atoms with Gasteiger partial charge in [0.05, 0.1) is 11.1 Å². The van der Waals surface area contributed by atoms with Gasteiger partial charge in [0.25, 0.3) is 0 Å². The number of rotatable bonds is 7. The minimum atomic E-state index is -4.10. The van der Waals surface area contributed by atoms with Crippen molar-refractivity contribution in [1.82, 2.24) is 4.57 Å². The molecule has 0 saturated carbocycles. The summed E-state index contributed by atoms with van der Waals surface area (Å²) >= 11 is 0. The van der Waals surface area contributed by atoms with Crippen LogP contribution in [0, 0.1) is 0 Å². The predicted octanol–water partition coefficient (Wildman–Crippen LogP) is 7.15. The minimum absolute atomic E-state index is 0.0557. The highest BCUT2D eigenvalue weighted by Crippen LogP contribution is 2.41. The Morgan fingerprint density at radius 1 is 1.03 bits per heavy atom. The van der Waals surface area contributed by atoms with E-state index in [-0.39, 0.29) is 22.3 Å². The second-order valence-corrected chi connectivity index (χ2v) is 12.1. The fraction of sp³-hybridized carbons (Fsp3) is 0.219. The molecule has 0 aliphatic carbocycles. The summed E-state index contributed by atoms with van der Waals surface area (Å²) in [5, 5.41) is 1.08. The Balaban J connectivity index is 1.47. The second kappa shape index (κ2) is 9.89. The van der Waals surface area contributed by atoms with Crippen molar-refractivity contribution in [2.24, 2.45) is 7.05 Å². The molecule has 3 aromatic carbocycles. The number of hydrogen-bond donors (Lipinski definition) is 0. The number of carbonyl (C=O) groups excluding carboxylic acids is 1. The van der Waals surface area contributed by atoms with Crippen molar-refractivity contribution in [1.29, 1.82) is 0 Å². The molecule has 0 atom stereocenters. The van der Waals surface area contributed by atoms with Crippen LogP contribution in [0.5, 0.6) is 11.5 Å². The lowest BCUT2D eigenvalue weighted by Gasteiger charge is -2.29. The number of hydrogen-bond acceptors (Lipinski definition) is 5. The smallest absolute Gasteiger partial charge is 0.339 e. The van der Waals surface area contributed by atoms with Gasteiger partial charge >= 0.3 is 10.1 Å². The van der Waals surface area contributed by atoms with Crippen LogP contribution in [0.2, 0.25) is 0 Å². The first kappa shape index (κ1) is 26.5. The number of fused-ring (bicyclic) bond motifs is 2. The minimum Gasteiger partial charge on any atom is -0.482 e. The number of ether oxygens (including phenoxy) is 1. The first-order valence-corrected chi connectivity index (χ1v) is 14.2. The molecule has 1 aliphatic heterocycles. The lowest BCUT2D eigenvalue weighted by atomic mass is 9.97. The van der Waals surface area contributed by atoms with Crippen molar-refractivity contribution < 1.29 is 22.1 Å². The zero-order valence-electron chi connectivity index (χ0n) is 22.6. The molecule has 0 bridgehead atoms. The molecule has 6 nitrogen and oxygen atoms in total. The molecule has 0 amide bonds. The molecule has 5 rings (SSSR count). The van der Waals surface area contributed by atoms with Gasteiger partial charge in [0, 0.05) is 24.1 Å². The Morgan fingerprint density at radius 3 is 2.49 bits per heavy atom. The van der Waals surface area contributed by atoms with E-state index in [0.717, 1.165) is 22.0 Å². The van der Waals surface area contributed by atoms with Crippen molar-refractivity contribution in [3.63, 3.8) is 0 Å². The summed E-state index contributed by atoms with van der Waals surface area (Å²) in [6, 6.07) is 17.7. The normalized spacial score (nSPS) is 14.5. The Morgan fingerprint density at radius 2 is 1.77 bits per heavy atom. The van der Waals surface area contributed by atoms with E-state index in [1.807, 2.05) is 75.8 Å². The van der Waals surface area contributed by atoms with E-state index in [4.69, 9.17) is 8.92 Å². The second-order valence-electron chi connectivity index (χ2n) is 10.6. The molecular weight excluding hydrogens is 510 g/mol. The molecule has 7 heteroatoms. The van der Waals surface area contributed by atoms with Gasteiger partial charge in [-0.15, -0.1) is 0 Å². The highest BCUT2D eigenvalue weighted by Gasteiger charge is 2.30. The van der Waals surface area contributed by atoms with E-state index in [2.05, 4.69) is 0 Å². The zero-order valence-corrected chi connectivity index (χ0v) is 23.5. The van der Waals surface area contributed by atoms with E-state index in [1.54, 1.807) is 42.5 Å². The van der Waals surface area contributed by atoms with E-state index < -0.39 is 15.7 Å². The number of aryl methyl sites for hydroxylation is 1. The third-order valence-electron chi connectivity index (χ3n) is 6.81. The topological polar surface area (TPSA) is 74.6 Å². The number of carbonyl (C=O) groups is 1. The van der Waals surface area contributed by atoms with Crippen LogP contribution in [0.3, 0.4) is 0 Å². The van der Waals surface area contributed by atoms with Crippen molar-refractivity contribution in [2.45, 2.75) is 44.1 Å². The molecule has 0 radical (unpaired) electrons. The highest BCUT2D eigenvalue weighted by atomic mass is 32.2. The van der Waals surface area contributed by atoms with Crippen molar-refractivity contribution in [3.05, 3.63) is 101 Å². The maximum Gasteiger partial charge on any atom is 0.339 e. The molecule has 1 aromatic heterocycles. The molecule has 0 spiro atoms. The molecule has 1 aliphatic rings. The van der Waals surface area contributed by atoms with Gasteiger partial charge in [-0.1, -0.05) is 38.1 Å². The predicted molar refractivity (Wildman–Crippen MR) is 155 cm³/mol. The Bertz CT molecular complexity index is 1740. The van der Waals surface area contributed by atoms with Crippen LogP contribution >= 0.6 is 0 Å². The summed E-state index contributed by atoms with van der Waals surface area (Å²) in [7, 11) is -2.12. The molecular formula is C32H31NO5S. The van der Waals surface area contributed by atoms with Crippen LogP contribution < -0.4 is 8.92 Å². The summed E-state index contributed by atoms with van der Waals surface area (Å²) in [5.74, 6) is 0.406. The van der Waals surface area contributed by atoms with Crippen LogP contribution in [-0.2, 0) is 17.2 Å². The number of nitrogens with zero attached hydrogens (tertiary/aromatic N) is 1. The fourth-order valence-electron chi connectivity index (χ4n) is 4.55. The maximum atomic E-state index is 13.3. The Hall–Kier alpha value is -4.10. The molecule has 0 fully saturated rings. The first-order chi connectivity index (χ1) is 18.4. The van der Waals surface area contributed by atoms with E-state index >= 15 is 0 Å². The van der Waals surface area contributed by atoms with Gasteiger partial charge in [0.1, 0.15) is 16.2 Å². The van der Waals surface area contributed by atoms with Crippen molar-refractivity contribution >= 4 is 39.0 Å². The monoisotopic (exact) mass is 541 g/mol. The average Bonchev–Trinajstić information content (AvgIpc) is 3.26. The molecule has 0 unspecified atom stereocenters. The summed E-state index contributed by atoms with van der Waals surface area (Å²) in [5.41, 5.74) is 3.08. The number of benzene rings is 3. The van der Waals surface area contributed by atoms with Gasteiger partial charge in [-0.3, -0.25) is 4.79 Å². The highest BCUT2D eigenvalue weighted by molar-refractivity contribution is 7.87. The number of allylic oxidation sites excluding steroid dienone is 1. The van der Waals surface area contributed by atoms with Crippen molar-refractivity contribution in [3.8, 4) is 11.5 Å². The number of ketones is 1. The van der Waals surface area contributed by atoms with Crippen LogP contribution in [0.4, 0.5) is 0 Å². The Kier molecular flexibility index (Phi) is 6.72. The molecule has 200 valence electrons. The molecule has 0 saturated heterocycles. The summed E-state index contributed by atoms with van der Waals surface area (Å²) in [6.07, 6.45) is 8.82. The molecule has 4 aromatic rings. The third kappa shape index (κ3) is 5.40. The van der Waals surface area contributed by atoms with Crippen molar-refractivity contribution in [2.75, 3.05) is 0 Å². The lowest BCUT2D eigenvalue weighted by molar-refractivity contribution is 0.103. The number of aromatic nitrogens is 1. The van der Waals surface area contributed by atoms with Crippen LogP contribution in [0.1, 0.15) is 60.7 Å². The van der Waals surface area contributed by atoms with Gasteiger partial charge < -0.3 is 13.5 Å². The van der Waals surface area contributed by atoms with Crippen LogP contribution in [0.15, 0.2) is 83.9 Å². The Labute approximate surface area is 229 Å². The molecule has 2 heterocycles. The van der Waals surface area contributed by atoms with E-state index in [1.165, 1.54) is 12.1 Å². The van der Waals surface area contributed by atoms with E-state index in [9.17, 15) is 13.2 Å². The third-order valence-corrected chi connectivity index (χ3v) is 8.06. The average molecular weight is 542 g/mol. The SMILES string of the molecule is CC(C)c1ccc(S(=O)(=O)Oc2ccc(C(=O)/C=C/c3ccc4c(ccn4C)c3)c3c2C=CC(C)(C)O3)cc1. The summed E-state index contributed by atoms with van der Waals surface area (Å²) in [4.78, 5) is 13.4. The van der Waals surface area contributed by atoms with Gasteiger partial charge in [0.15, 0.2) is 11.5 Å². The summed E-state index contributed by atoms with van der Waals surface area (Å²) in [6.45, 7) is 7.82. The summed E-state index contributed by atoms with van der Waals surface area (Å²) < 4.78 is 40.0. The van der Waals surface area contributed by atoms with Gasteiger partial charge in [0.2, 0.25) is 0 Å². The molecule has 0 N–H and O–H groups in total. The van der Waals surface area contributed by atoms with Crippen LogP contribution in [-0.4, -0.2) is 24.4 Å². The largest absolute Gasteiger partial charge is 0.482 e. The van der Waals surface area contributed by atoms with Crippen LogP contribution in [0.25, 0.3) is 23.1 Å². The van der Waals surface area contributed by atoms with Gasteiger partial charge in [-0.2, -0.15) is 8.42 Å². The van der Waals surface area contributed by atoms with Gasteiger partial charge in [-0.05, 0) is 91.6 Å². The maximum absolute atomic E-state index is 13.3. The fourth-order valence-corrected chi connectivity index (χ4v) is 5.50. The van der Waals surface area contributed by atoms with Gasteiger partial charge in [-0.25, -0.2) is 0 Å². The quantitative estimate of drug-likeness (QED) is 0.141.